The van der Waals surface area contributed by atoms with E-state index in [0.717, 1.165) is 18.3 Å². The molecule has 1 atom stereocenters. The van der Waals surface area contributed by atoms with E-state index in [9.17, 15) is 31.2 Å². The Balaban J connectivity index is 1.95. The number of aryl methyl sites for hydroxylation is 1. The van der Waals surface area contributed by atoms with E-state index in [2.05, 4.69) is 15.0 Å². The van der Waals surface area contributed by atoms with Gasteiger partial charge in [-0.1, -0.05) is 6.92 Å². The van der Waals surface area contributed by atoms with E-state index < -0.39 is 39.3 Å². The molecule has 0 saturated heterocycles. The first-order chi connectivity index (χ1) is 17.6. The van der Waals surface area contributed by atoms with E-state index >= 15 is 0 Å². The SMILES string of the molecule is [2H]C([2H])(C)c1cc2c(cc1F)c(C#N)c(-c1ccc(S(=O)(=O)N[C@@H](C)C(F)(F)F)cn1)n2-c1ncccn1. The number of halogens is 4. The lowest BCUT2D eigenvalue weighted by atomic mass is 10.1. The lowest BCUT2D eigenvalue weighted by molar-refractivity contribution is -0.147. The molecule has 36 heavy (non-hydrogen) atoms. The van der Waals surface area contributed by atoms with E-state index in [0.29, 0.717) is 6.92 Å². The van der Waals surface area contributed by atoms with Crippen molar-refractivity contribution in [3.05, 3.63) is 65.9 Å². The van der Waals surface area contributed by atoms with Gasteiger partial charge in [0.1, 0.15) is 22.8 Å². The third-order valence-corrected chi connectivity index (χ3v) is 6.83. The van der Waals surface area contributed by atoms with Crippen molar-refractivity contribution < 1.29 is 28.7 Å². The number of sulfonamides is 1. The number of nitrogens with zero attached hydrogens (tertiary/aromatic N) is 5. The highest BCUT2D eigenvalue weighted by molar-refractivity contribution is 7.89. The van der Waals surface area contributed by atoms with Gasteiger partial charge in [-0.05, 0) is 49.2 Å². The standard InChI is InChI=1S/C23H18F4N6O2S/c1-3-14-9-20-16(10-18(14)24)17(11-28)21(33(20)22-29-7-4-8-30-22)19-6-5-15(12-31-19)36(34,35)32-13(2)23(25,26)27/h4-10,12-13,32H,3H2,1-2H3/t13-/m0/s1/i3D2. The molecular weight excluding hydrogens is 500 g/mol. The van der Waals surface area contributed by atoms with Crippen LogP contribution in [0.4, 0.5) is 17.6 Å². The Bertz CT molecular complexity index is 1660. The number of nitriles is 1. The molecule has 1 aromatic carbocycles. The number of pyridine rings is 1. The molecule has 0 spiro atoms. The van der Waals surface area contributed by atoms with Crippen LogP contribution in [-0.4, -0.2) is 40.2 Å². The molecule has 0 unspecified atom stereocenters. The second kappa shape index (κ2) is 9.29. The summed E-state index contributed by atoms with van der Waals surface area (Å²) in [6.07, 6.45) is -3.24. The van der Waals surface area contributed by atoms with Crippen molar-refractivity contribution in [3.8, 4) is 23.4 Å². The molecule has 8 nitrogen and oxygen atoms in total. The average molecular weight is 521 g/mol. The average Bonchev–Trinajstić information content (AvgIpc) is 3.15. The van der Waals surface area contributed by atoms with Gasteiger partial charge in [0.15, 0.2) is 0 Å². The van der Waals surface area contributed by atoms with E-state index in [1.54, 1.807) is 0 Å². The number of hydrogen-bond donors (Lipinski definition) is 1. The van der Waals surface area contributed by atoms with Gasteiger partial charge >= 0.3 is 6.18 Å². The molecule has 3 heterocycles. The zero-order valence-corrected chi connectivity index (χ0v) is 19.5. The Labute approximate surface area is 206 Å². The summed E-state index contributed by atoms with van der Waals surface area (Å²) in [5.74, 6) is -0.860. The maximum atomic E-state index is 14.9. The number of fused-ring (bicyclic) bond motifs is 1. The van der Waals surface area contributed by atoms with Gasteiger partial charge in [0.25, 0.3) is 0 Å². The zero-order chi connectivity index (χ0) is 28.0. The van der Waals surface area contributed by atoms with Crippen molar-refractivity contribution in [1.29, 1.82) is 5.26 Å². The van der Waals surface area contributed by atoms with Crippen LogP contribution in [0.15, 0.2) is 53.8 Å². The van der Waals surface area contributed by atoms with Gasteiger partial charge < -0.3 is 0 Å². The van der Waals surface area contributed by atoms with Crippen LogP contribution in [0.3, 0.4) is 0 Å². The van der Waals surface area contributed by atoms with Gasteiger partial charge in [-0.3, -0.25) is 9.55 Å². The number of benzene rings is 1. The number of hydrogen-bond acceptors (Lipinski definition) is 6. The molecule has 1 N–H and O–H groups in total. The van der Waals surface area contributed by atoms with Gasteiger partial charge in [-0.25, -0.2) is 22.8 Å². The number of nitrogens with one attached hydrogen (secondary N) is 1. The summed E-state index contributed by atoms with van der Waals surface area (Å²) in [7, 11) is -4.59. The normalized spacial score (nSPS) is 14.2. The van der Waals surface area contributed by atoms with Gasteiger partial charge in [0.05, 0.1) is 22.5 Å². The fourth-order valence-corrected chi connectivity index (χ4v) is 4.69. The zero-order valence-electron chi connectivity index (χ0n) is 20.7. The molecule has 186 valence electrons. The quantitative estimate of drug-likeness (QED) is 0.380. The largest absolute Gasteiger partial charge is 0.404 e. The minimum atomic E-state index is -4.80. The van der Waals surface area contributed by atoms with Crippen LogP contribution < -0.4 is 4.72 Å². The highest BCUT2D eigenvalue weighted by Crippen LogP contribution is 2.36. The third-order valence-electron chi connectivity index (χ3n) is 5.30. The third kappa shape index (κ3) is 4.52. The molecule has 4 rings (SSSR count). The number of aromatic nitrogens is 4. The first-order valence-corrected chi connectivity index (χ1v) is 11.7. The highest BCUT2D eigenvalue weighted by Gasteiger charge is 2.39. The monoisotopic (exact) mass is 520 g/mol. The van der Waals surface area contributed by atoms with Gasteiger partial charge in [0.2, 0.25) is 16.0 Å². The maximum Gasteiger partial charge on any atom is 0.404 e. The topological polar surface area (TPSA) is 114 Å². The fourth-order valence-electron chi connectivity index (χ4n) is 3.52. The molecule has 4 aromatic rings. The first-order valence-electron chi connectivity index (χ1n) is 11.3. The summed E-state index contributed by atoms with van der Waals surface area (Å²) in [6, 6.07) is 5.58. The molecule has 3 aromatic heterocycles. The summed E-state index contributed by atoms with van der Waals surface area (Å²) in [4.78, 5) is 11.9. The number of rotatable bonds is 6. The predicted octanol–water partition coefficient (Wildman–Crippen LogP) is 4.28. The van der Waals surface area contributed by atoms with Crippen molar-refractivity contribution in [2.45, 2.75) is 37.3 Å². The summed E-state index contributed by atoms with van der Waals surface area (Å²) >= 11 is 0. The Morgan fingerprint density at radius 2 is 1.92 bits per heavy atom. The Hall–Kier alpha value is -3.89. The summed E-state index contributed by atoms with van der Waals surface area (Å²) in [6.45, 7) is 1.83. The van der Waals surface area contributed by atoms with E-state index in [1.807, 2.05) is 6.07 Å². The molecular formula is C23H18F4N6O2S. The van der Waals surface area contributed by atoms with Crippen molar-refractivity contribution in [2.75, 3.05) is 0 Å². The van der Waals surface area contributed by atoms with Crippen molar-refractivity contribution in [3.63, 3.8) is 0 Å². The smallest absolute Gasteiger partial charge is 0.275 e. The lowest BCUT2D eigenvalue weighted by Gasteiger charge is -2.17. The molecule has 0 aliphatic heterocycles. The fraction of sp³-hybridized carbons (Fsp3) is 0.217. The minimum Gasteiger partial charge on any atom is -0.275 e. The first kappa shape index (κ1) is 22.6. The second-order valence-electron chi connectivity index (χ2n) is 7.58. The van der Waals surface area contributed by atoms with E-state index in [4.69, 9.17) is 2.74 Å². The van der Waals surface area contributed by atoms with Crippen LogP contribution in [0.2, 0.25) is 0 Å². The van der Waals surface area contributed by atoms with Gasteiger partial charge in [0, 0.05) is 26.7 Å². The van der Waals surface area contributed by atoms with Crippen molar-refractivity contribution in [2.24, 2.45) is 0 Å². The Kier molecular flexibility index (Phi) is 5.82. The molecule has 0 bridgehead atoms. The second-order valence-corrected chi connectivity index (χ2v) is 9.30. The molecule has 0 amide bonds. The van der Waals surface area contributed by atoms with E-state index in [1.165, 1.54) is 46.8 Å². The lowest BCUT2D eigenvalue weighted by Crippen LogP contribution is -2.42. The maximum absolute atomic E-state index is 14.9. The molecule has 0 saturated carbocycles. The van der Waals surface area contributed by atoms with Crippen molar-refractivity contribution >= 4 is 20.9 Å². The number of alkyl halides is 3. The molecule has 13 heteroatoms. The van der Waals surface area contributed by atoms with Gasteiger partial charge in [-0.2, -0.15) is 23.2 Å². The summed E-state index contributed by atoms with van der Waals surface area (Å²) in [5, 5.41) is 10.1. The predicted molar refractivity (Wildman–Crippen MR) is 122 cm³/mol. The minimum absolute atomic E-state index is 0.00879. The van der Waals surface area contributed by atoms with Gasteiger partial charge in [-0.15, -0.1) is 0 Å². The van der Waals surface area contributed by atoms with Crippen LogP contribution >= 0.6 is 0 Å². The van der Waals surface area contributed by atoms with Crippen LogP contribution in [0.25, 0.3) is 28.2 Å². The highest BCUT2D eigenvalue weighted by atomic mass is 32.2. The van der Waals surface area contributed by atoms with Crippen LogP contribution in [0, 0.1) is 17.1 Å². The molecule has 0 aliphatic rings. The molecule has 0 radical (unpaired) electrons. The van der Waals surface area contributed by atoms with Crippen molar-refractivity contribution in [1.82, 2.24) is 24.2 Å². The molecule has 0 fully saturated rings. The Morgan fingerprint density at radius 1 is 1.22 bits per heavy atom. The Morgan fingerprint density at radius 3 is 2.47 bits per heavy atom. The van der Waals surface area contributed by atoms with Crippen LogP contribution in [0.5, 0.6) is 0 Å². The van der Waals surface area contributed by atoms with Crippen LogP contribution in [0.1, 0.15) is 27.7 Å². The molecule has 0 aliphatic carbocycles. The van der Waals surface area contributed by atoms with E-state index in [-0.39, 0.29) is 39.4 Å². The summed E-state index contributed by atoms with van der Waals surface area (Å²) < 4.78 is 97.2. The summed E-state index contributed by atoms with van der Waals surface area (Å²) in [5.41, 5.74) is -0.127. The van der Waals surface area contributed by atoms with Crippen LogP contribution in [-0.2, 0) is 16.4 Å².